The van der Waals surface area contributed by atoms with Crippen molar-refractivity contribution in [2.45, 2.75) is 116 Å². The zero-order chi connectivity index (χ0) is 17.7. The summed E-state index contributed by atoms with van der Waals surface area (Å²) in [6.07, 6.45) is 9.80. The maximum Gasteiger partial charge on any atom is 0.223 e. The largest absolute Gasteiger partial charge is 0.337 e. The van der Waals surface area contributed by atoms with Gasteiger partial charge in [0.15, 0.2) is 0 Å². The van der Waals surface area contributed by atoms with Gasteiger partial charge in [-0.1, -0.05) is 0 Å². The lowest BCUT2D eigenvalue weighted by atomic mass is 9.96. The molecule has 2 amide bonds. The number of hydrogen-bond acceptors (Lipinski definition) is 2. The molecule has 2 fully saturated rings. The number of likely N-dealkylation sites (tertiary alicyclic amines) is 2. The van der Waals surface area contributed by atoms with E-state index >= 15 is 0 Å². The van der Waals surface area contributed by atoms with Crippen LogP contribution in [0, 0.1) is 0 Å². The molecule has 0 N–H and O–H groups in total. The van der Waals surface area contributed by atoms with Crippen LogP contribution in [0.2, 0.25) is 0 Å². The monoisotopic (exact) mass is 336 g/mol. The Morgan fingerprint density at radius 2 is 0.958 bits per heavy atom. The van der Waals surface area contributed by atoms with E-state index in [1.165, 1.54) is 12.8 Å². The molecular formula is C20H36N2O2. The number of hydrogen-bond donors (Lipinski definition) is 0. The third kappa shape index (κ3) is 4.73. The van der Waals surface area contributed by atoms with Crippen molar-refractivity contribution in [3.05, 3.63) is 0 Å². The van der Waals surface area contributed by atoms with Crippen molar-refractivity contribution in [2.24, 2.45) is 0 Å². The second-order valence-corrected chi connectivity index (χ2v) is 8.07. The predicted molar refractivity (Wildman–Crippen MR) is 97.7 cm³/mol. The lowest BCUT2D eigenvalue weighted by molar-refractivity contribution is -0.139. The Balaban J connectivity index is 1.72. The Morgan fingerprint density at radius 3 is 1.25 bits per heavy atom. The van der Waals surface area contributed by atoms with Crippen LogP contribution >= 0.6 is 0 Å². The van der Waals surface area contributed by atoms with E-state index in [0.717, 1.165) is 38.5 Å². The summed E-state index contributed by atoms with van der Waals surface area (Å²) in [6, 6.07) is 1.49. The van der Waals surface area contributed by atoms with Crippen LogP contribution in [-0.2, 0) is 9.59 Å². The van der Waals surface area contributed by atoms with Crippen molar-refractivity contribution < 1.29 is 9.59 Å². The molecule has 4 heteroatoms. The van der Waals surface area contributed by atoms with Gasteiger partial charge in [-0.05, 0) is 79.1 Å². The Bertz CT molecular complexity index is 377. The molecule has 0 aromatic carbocycles. The second-order valence-electron chi connectivity index (χ2n) is 8.07. The van der Waals surface area contributed by atoms with E-state index in [0.29, 0.717) is 37.0 Å². The van der Waals surface area contributed by atoms with Crippen molar-refractivity contribution in [1.29, 1.82) is 0 Å². The smallest absolute Gasteiger partial charge is 0.223 e. The number of piperidine rings is 2. The number of amides is 2. The third-order valence-electron chi connectivity index (χ3n) is 5.99. The summed E-state index contributed by atoms with van der Waals surface area (Å²) < 4.78 is 0. The Hall–Kier alpha value is -1.06. The van der Waals surface area contributed by atoms with Crippen LogP contribution in [0.15, 0.2) is 0 Å². The first-order valence-electron chi connectivity index (χ1n) is 10.0. The van der Waals surface area contributed by atoms with Gasteiger partial charge in [0.2, 0.25) is 11.8 Å². The lowest BCUT2D eigenvalue weighted by Crippen LogP contribution is -2.47. The number of unbranched alkanes of at least 4 members (excludes halogenated alkanes) is 1. The van der Waals surface area contributed by atoms with Gasteiger partial charge in [0.05, 0.1) is 0 Å². The molecule has 0 spiro atoms. The van der Waals surface area contributed by atoms with E-state index in [2.05, 4.69) is 37.5 Å². The first-order valence-corrected chi connectivity index (χ1v) is 10.0. The van der Waals surface area contributed by atoms with Crippen molar-refractivity contribution in [1.82, 2.24) is 9.80 Å². The molecule has 138 valence electrons. The average molecular weight is 337 g/mol. The van der Waals surface area contributed by atoms with Crippen LogP contribution in [0.3, 0.4) is 0 Å². The number of rotatable bonds is 5. The van der Waals surface area contributed by atoms with Gasteiger partial charge in [0.1, 0.15) is 0 Å². The molecular weight excluding hydrogens is 300 g/mol. The van der Waals surface area contributed by atoms with Crippen LogP contribution in [0.4, 0.5) is 0 Å². The molecule has 0 unspecified atom stereocenters. The van der Waals surface area contributed by atoms with E-state index in [1.807, 2.05) is 0 Å². The maximum absolute atomic E-state index is 12.5. The lowest BCUT2D eigenvalue weighted by Gasteiger charge is -2.39. The van der Waals surface area contributed by atoms with Gasteiger partial charge in [0.25, 0.3) is 0 Å². The highest BCUT2D eigenvalue weighted by Gasteiger charge is 2.29. The molecule has 4 atom stereocenters. The molecule has 0 bridgehead atoms. The van der Waals surface area contributed by atoms with Gasteiger partial charge in [-0.15, -0.1) is 0 Å². The van der Waals surface area contributed by atoms with Gasteiger partial charge >= 0.3 is 0 Å². The molecule has 2 saturated heterocycles. The molecule has 24 heavy (non-hydrogen) atoms. The summed E-state index contributed by atoms with van der Waals surface area (Å²) in [6.45, 7) is 8.65. The normalized spacial score (nSPS) is 31.2. The highest BCUT2D eigenvalue weighted by Crippen LogP contribution is 2.25. The van der Waals surface area contributed by atoms with Crippen LogP contribution in [0.1, 0.15) is 91.9 Å². The van der Waals surface area contributed by atoms with Crippen LogP contribution < -0.4 is 0 Å². The first-order chi connectivity index (χ1) is 11.4. The van der Waals surface area contributed by atoms with Gasteiger partial charge in [-0.2, -0.15) is 0 Å². The minimum absolute atomic E-state index is 0.279. The van der Waals surface area contributed by atoms with Crippen molar-refractivity contribution in [3.8, 4) is 0 Å². The molecule has 4 nitrogen and oxygen atoms in total. The Labute approximate surface area is 148 Å². The van der Waals surface area contributed by atoms with E-state index in [4.69, 9.17) is 0 Å². The van der Waals surface area contributed by atoms with Crippen molar-refractivity contribution in [3.63, 3.8) is 0 Å². The molecule has 2 heterocycles. The van der Waals surface area contributed by atoms with Gasteiger partial charge in [-0.25, -0.2) is 0 Å². The molecule has 2 rings (SSSR count). The fraction of sp³-hybridized carbons (Fsp3) is 0.900. The molecule has 2 aliphatic heterocycles. The molecule has 0 aromatic heterocycles. The van der Waals surface area contributed by atoms with E-state index < -0.39 is 0 Å². The van der Waals surface area contributed by atoms with E-state index in [9.17, 15) is 9.59 Å². The van der Waals surface area contributed by atoms with Gasteiger partial charge in [0, 0.05) is 37.0 Å². The fourth-order valence-corrected chi connectivity index (χ4v) is 4.64. The van der Waals surface area contributed by atoms with Crippen LogP contribution in [-0.4, -0.2) is 45.8 Å². The summed E-state index contributed by atoms with van der Waals surface area (Å²) in [7, 11) is 0. The second kappa shape index (κ2) is 8.87. The highest BCUT2D eigenvalue weighted by molar-refractivity contribution is 5.78. The maximum atomic E-state index is 12.5. The number of carbonyl (C=O) groups is 2. The SMILES string of the molecule is C[C@@H]1CCC[C@@H](C)N1C(=O)CCCCC(=O)N1[C@H](C)CCC[C@@H]1C. The molecule has 0 saturated carbocycles. The minimum atomic E-state index is 0.279. The number of nitrogens with zero attached hydrogens (tertiary/aromatic N) is 2. The standard InChI is InChI=1S/C20H36N2O2/c1-15-9-7-10-16(2)21(15)19(23)13-5-6-14-20(24)22-17(3)11-8-12-18(22)4/h15-18H,5-14H2,1-4H3/t15-,16-,17-,18+/m1/s1. The molecule has 2 aliphatic rings. The van der Waals surface area contributed by atoms with Crippen LogP contribution in [0.25, 0.3) is 0 Å². The Kier molecular flexibility index (Phi) is 7.12. The summed E-state index contributed by atoms with van der Waals surface area (Å²) in [5, 5.41) is 0. The third-order valence-corrected chi connectivity index (χ3v) is 5.99. The van der Waals surface area contributed by atoms with E-state index in [1.54, 1.807) is 0 Å². The van der Waals surface area contributed by atoms with Crippen molar-refractivity contribution in [2.75, 3.05) is 0 Å². The Morgan fingerprint density at radius 1 is 0.667 bits per heavy atom. The van der Waals surface area contributed by atoms with Gasteiger partial charge in [-0.3, -0.25) is 9.59 Å². The summed E-state index contributed by atoms with van der Waals surface area (Å²) in [4.78, 5) is 29.2. The van der Waals surface area contributed by atoms with Crippen LogP contribution in [0.5, 0.6) is 0 Å². The molecule has 0 radical (unpaired) electrons. The molecule has 0 aliphatic carbocycles. The topological polar surface area (TPSA) is 40.6 Å². The zero-order valence-electron chi connectivity index (χ0n) is 16.1. The molecule has 0 aromatic rings. The van der Waals surface area contributed by atoms with Crippen molar-refractivity contribution >= 4 is 11.8 Å². The van der Waals surface area contributed by atoms with Gasteiger partial charge < -0.3 is 9.80 Å². The first kappa shape index (κ1) is 19.3. The zero-order valence-corrected chi connectivity index (χ0v) is 16.1. The quantitative estimate of drug-likeness (QED) is 0.708. The summed E-state index contributed by atoms with van der Waals surface area (Å²) in [5.41, 5.74) is 0. The summed E-state index contributed by atoms with van der Waals surface area (Å²) >= 11 is 0. The fourth-order valence-electron chi connectivity index (χ4n) is 4.64. The summed E-state index contributed by atoms with van der Waals surface area (Å²) in [5.74, 6) is 0.559. The predicted octanol–water partition coefficient (Wildman–Crippen LogP) is 4.13. The van der Waals surface area contributed by atoms with E-state index in [-0.39, 0.29) is 11.8 Å². The average Bonchev–Trinajstić information content (AvgIpc) is 2.51. The minimum Gasteiger partial charge on any atom is -0.337 e. The number of carbonyl (C=O) groups excluding carboxylic acids is 2. The highest BCUT2D eigenvalue weighted by atomic mass is 16.2.